The molecule has 0 amide bonds. The van der Waals surface area contributed by atoms with E-state index in [1.807, 2.05) is 13.0 Å². The molecular weight excluding hydrogens is 381 g/mol. The zero-order chi connectivity index (χ0) is 17.0. The van der Waals surface area contributed by atoms with Gasteiger partial charge in [0.05, 0.1) is 5.02 Å². The standard InChI is InChI=1S/C15H14Cl3NO3S/c1-10-2-4-12(9-14(10)18)22-7-6-19-23(20,21)15-8-11(16)3-5-13(15)17/h2-5,8-9,19H,6-7H2,1H3. The van der Waals surface area contributed by atoms with E-state index in [4.69, 9.17) is 39.5 Å². The molecule has 0 saturated carbocycles. The summed E-state index contributed by atoms with van der Waals surface area (Å²) in [6, 6.07) is 9.53. The van der Waals surface area contributed by atoms with Gasteiger partial charge in [-0.1, -0.05) is 40.9 Å². The van der Waals surface area contributed by atoms with Crippen LogP contribution in [0.3, 0.4) is 0 Å². The van der Waals surface area contributed by atoms with Gasteiger partial charge in [0, 0.05) is 16.6 Å². The second-order valence-electron chi connectivity index (χ2n) is 4.73. The first-order valence-corrected chi connectivity index (χ1v) is 9.25. The molecule has 4 nitrogen and oxygen atoms in total. The Morgan fingerprint density at radius 3 is 2.48 bits per heavy atom. The van der Waals surface area contributed by atoms with E-state index >= 15 is 0 Å². The molecule has 124 valence electrons. The summed E-state index contributed by atoms with van der Waals surface area (Å²) in [6.45, 7) is 2.11. The zero-order valence-corrected chi connectivity index (χ0v) is 15.2. The van der Waals surface area contributed by atoms with Gasteiger partial charge in [0.2, 0.25) is 10.0 Å². The van der Waals surface area contributed by atoms with Gasteiger partial charge in [-0.3, -0.25) is 0 Å². The van der Waals surface area contributed by atoms with E-state index in [-0.39, 0.29) is 23.1 Å². The number of ether oxygens (including phenoxy) is 1. The Kier molecular flexibility index (Phi) is 6.17. The number of sulfonamides is 1. The highest BCUT2D eigenvalue weighted by molar-refractivity contribution is 7.89. The van der Waals surface area contributed by atoms with Crippen LogP contribution in [0, 0.1) is 6.92 Å². The molecule has 0 spiro atoms. The molecule has 2 rings (SSSR count). The summed E-state index contributed by atoms with van der Waals surface area (Å²) in [4.78, 5) is -0.0648. The van der Waals surface area contributed by atoms with Crippen molar-refractivity contribution in [1.29, 1.82) is 0 Å². The van der Waals surface area contributed by atoms with Crippen molar-refractivity contribution in [2.45, 2.75) is 11.8 Å². The smallest absolute Gasteiger partial charge is 0.242 e. The van der Waals surface area contributed by atoms with Crippen LogP contribution in [0.4, 0.5) is 0 Å². The van der Waals surface area contributed by atoms with E-state index in [9.17, 15) is 8.42 Å². The average Bonchev–Trinajstić information content (AvgIpc) is 2.49. The Hall–Kier alpha value is -0.980. The minimum absolute atomic E-state index is 0.0648. The van der Waals surface area contributed by atoms with Gasteiger partial charge >= 0.3 is 0 Å². The van der Waals surface area contributed by atoms with Gasteiger partial charge in [0.1, 0.15) is 17.3 Å². The minimum Gasteiger partial charge on any atom is -0.492 e. The van der Waals surface area contributed by atoms with Crippen LogP contribution in [0.25, 0.3) is 0 Å². The maximum atomic E-state index is 12.2. The van der Waals surface area contributed by atoms with Crippen LogP contribution < -0.4 is 9.46 Å². The quantitative estimate of drug-likeness (QED) is 0.743. The van der Waals surface area contributed by atoms with Crippen LogP contribution >= 0.6 is 34.8 Å². The molecule has 0 aromatic heterocycles. The summed E-state index contributed by atoms with van der Waals surface area (Å²) >= 11 is 17.7. The van der Waals surface area contributed by atoms with Gasteiger partial charge < -0.3 is 4.74 Å². The van der Waals surface area contributed by atoms with Crippen LogP contribution in [0.15, 0.2) is 41.3 Å². The van der Waals surface area contributed by atoms with Gasteiger partial charge in [0.25, 0.3) is 0 Å². The van der Waals surface area contributed by atoms with E-state index in [0.29, 0.717) is 15.8 Å². The molecule has 0 saturated heterocycles. The number of hydrogen-bond acceptors (Lipinski definition) is 3. The third-order valence-corrected chi connectivity index (χ3v) is 5.57. The maximum absolute atomic E-state index is 12.2. The Labute approximate surface area is 150 Å². The lowest BCUT2D eigenvalue weighted by molar-refractivity contribution is 0.323. The van der Waals surface area contributed by atoms with Crippen molar-refractivity contribution in [2.24, 2.45) is 0 Å². The summed E-state index contributed by atoms with van der Waals surface area (Å²) in [6.07, 6.45) is 0. The number of nitrogens with one attached hydrogen (secondary N) is 1. The lowest BCUT2D eigenvalue weighted by atomic mass is 10.2. The van der Waals surface area contributed by atoms with Crippen molar-refractivity contribution in [1.82, 2.24) is 4.72 Å². The normalized spacial score (nSPS) is 11.5. The van der Waals surface area contributed by atoms with Gasteiger partial charge in [0.15, 0.2) is 0 Å². The van der Waals surface area contributed by atoms with Gasteiger partial charge in [-0.2, -0.15) is 0 Å². The van der Waals surface area contributed by atoms with Crippen LogP contribution in [-0.2, 0) is 10.0 Å². The van der Waals surface area contributed by atoms with E-state index in [2.05, 4.69) is 4.72 Å². The van der Waals surface area contributed by atoms with Gasteiger partial charge in [-0.05, 0) is 42.8 Å². The molecule has 0 heterocycles. The molecular formula is C15H14Cl3NO3S. The summed E-state index contributed by atoms with van der Waals surface area (Å²) in [5.74, 6) is 0.570. The fourth-order valence-corrected chi connectivity index (χ4v) is 3.71. The third kappa shape index (κ3) is 4.99. The molecule has 0 fully saturated rings. The van der Waals surface area contributed by atoms with E-state index in [0.717, 1.165) is 5.56 Å². The lowest BCUT2D eigenvalue weighted by Gasteiger charge is -2.10. The van der Waals surface area contributed by atoms with Crippen molar-refractivity contribution in [3.63, 3.8) is 0 Å². The first-order chi connectivity index (χ1) is 10.8. The minimum atomic E-state index is -3.76. The van der Waals surface area contributed by atoms with Crippen LogP contribution in [0.2, 0.25) is 15.1 Å². The van der Waals surface area contributed by atoms with Crippen LogP contribution in [0.1, 0.15) is 5.56 Å². The predicted octanol–water partition coefficient (Wildman–Crippen LogP) is 4.31. The molecule has 0 atom stereocenters. The molecule has 0 aliphatic rings. The molecule has 2 aromatic carbocycles. The van der Waals surface area contributed by atoms with Crippen molar-refractivity contribution in [3.8, 4) is 5.75 Å². The number of hydrogen-bond donors (Lipinski definition) is 1. The van der Waals surface area contributed by atoms with Crippen molar-refractivity contribution in [2.75, 3.05) is 13.2 Å². The van der Waals surface area contributed by atoms with Crippen LogP contribution in [0.5, 0.6) is 5.75 Å². The highest BCUT2D eigenvalue weighted by Crippen LogP contribution is 2.25. The molecule has 1 N–H and O–H groups in total. The van der Waals surface area contributed by atoms with Gasteiger partial charge in [-0.15, -0.1) is 0 Å². The largest absolute Gasteiger partial charge is 0.492 e. The summed E-state index contributed by atoms with van der Waals surface area (Å²) < 4.78 is 32.2. The Morgan fingerprint density at radius 1 is 1.04 bits per heavy atom. The zero-order valence-electron chi connectivity index (χ0n) is 12.1. The first-order valence-electron chi connectivity index (χ1n) is 6.63. The molecule has 0 aliphatic heterocycles. The highest BCUT2D eigenvalue weighted by atomic mass is 35.5. The highest BCUT2D eigenvalue weighted by Gasteiger charge is 2.17. The molecule has 0 radical (unpaired) electrons. The molecule has 0 bridgehead atoms. The summed E-state index contributed by atoms with van der Waals surface area (Å²) in [5, 5.41) is 0.988. The van der Waals surface area contributed by atoms with Crippen molar-refractivity contribution in [3.05, 3.63) is 57.0 Å². The van der Waals surface area contributed by atoms with E-state index < -0.39 is 10.0 Å². The Morgan fingerprint density at radius 2 is 1.78 bits per heavy atom. The first kappa shape index (κ1) is 18.4. The van der Waals surface area contributed by atoms with Crippen molar-refractivity contribution < 1.29 is 13.2 Å². The third-order valence-electron chi connectivity index (χ3n) is 2.99. The topological polar surface area (TPSA) is 55.4 Å². The summed E-state index contributed by atoms with van der Waals surface area (Å²) in [7, 11) is -3.76. The lowest BCUT2D eigenvalue weighted by Crippen LogP contribution is -2.28. The van der Waals surface area contributed by atoms with Crippen LogP contribution in [-0.4, -0.2) is 21.6 Å². The van der Waals surface area contributed by atoms with Crippen molar-refractivity contribution >= 4 is 44.8 Å². The Bertz CT molecular complexity index is 810. The summed E-state index contributed by atoms with van der Waals surface area (Å²) in [5.41, 5.74) is 0.940. The number of benzene rings is 2. The predicted molar refractivity (Wildman–Crippen MR) is 93.3 cm³/mol. The maximum Gasteiger partial charge on any atom is 0.242 e. The van der Waals surface area contributed by atoms with E-state index in [1.54, 1.807) is 12.1 Å². The second-order valence-corrected chi connectivity index (χ2v) is 7.72. The second kappa shape index (κ2) is 7.73. The van der Waals surface area contributed by atoms with E-state index in [1.165, 1.54) is 18.2 Å². The number of halogens is 3. The molecule has 23 heavy (non-hydrogen) atoms. The molecule has 0 unspecified atom stereocenters. The Balaban J connectivity index is 1.95. The molecule has 0 aliphatic carbocycles. The average molecular weight is 395 g/mol. The SMILES string of the molecule is Cc1ccc(OCCNS(=O)(=O)c2cc(Cl)ccc2Cl)cc1Cl. The monoisotopic (exact) mass is 393 g/mol. The number of aryl methyl sites for hydroxylation is 1. The molecule has 2 aromatic rings. The number of rotatable bonds is 6. The fourth-order valence-electron chi connectivity index (χ4n) is 1.77. The van der Waals surface area contributed by atoms with Gasteiger partial charge in [-0.25, -0.2) is 13.1 Å². The molecule has 8 heteroatoms. The fraction of sp³-hybridized carbons (Fsp3) is 0.200.